The standard InChI is InChI=1S/C23H29F3N6/c1-4-9-32(15(2)13-27)10-5-6-16-7-8-17(11-18(16)23(24,25)26)19-12-20(30-3)22(29)21(14-28)31-19/h4,7-8,11-12,15H,1,5-6,9-10,13,27,29H2,2-3H3,(H,30,31). The van der Waals surface area contributed by atoms with Crippen LogP contribution in [0.25, 0.3) is 11.3 Å². The summed E-state index contributed by atoms with van der Waals surface area (Å²) in [6, 6.07) is 7.68. The summed E-state index contributed by atoms with van der Waals surface area (Å²) >= 11 is 0. The summed E-state index contributed by atoms with van der Waals surface area (Å²) in [5.41, 5.74) is 12.1. The van der Waals surface area contributed by atoms with Gasteiger partial charge in [0.25, 0.3) is 0 Å². The molecule has 0 amide bonds. The fourth-order valence-electron chi connectivity index (χ4n) is 3.49. The summed E-state index contributed by atoms with van der Waals surface area (Å²) < 4.78 is 41.5. The number of nitrogens with zero attached hydrogens (tertiary/aromatic N) is 3. The van der Waals surface area contributed by atoms with Gasteiger partial charge < -0.3 is 16.8 Å². The number of alkyl halides is 3. The van der Waals surface area contributed by atoms with Crippen LogP contribution in [0.4, 0.5) is 24.5 Å². The molecular formula is C23H29F3N6. The number of nitrogens with two attached hydrogens (primary N) is 2. The molecule has 0 aliphatic carbocycles. The molecule has 0 aliphatic heterocycles. The van der Waals surface area contributed by atoms with E-state index in [1.165, 1.54) is 12.1 Å². The summed E-state index contributed by atoms with van der Waals surface area (Å²) in [6.07, 6.45) is -1.95. The number of anilines is 2. The minimum Gasteiger partial charge on any atom is -0.395 e. The normalized spacial score (nSPS) is 12.4. The lowest BCUT2D eigenvalue weighted by Gasteiger charge is -2.27. The first-order valence-corrected chi connectivity index (χ1v) is 10.3. The molecule has 0 spiro atoms. The van der Waals surface area contributed by atoms with E-state index in [2.05, 4.69) is 21.8 Å². The van der Waals surface area contributed by atoms with Crippen LogP contribution >= 0.6 is 0 Å². The van der Waals surface area contributed by atoms with Crippen LogP contribution in [0.15, 0.2) is 36.9 Å². The van der Waals surface area contributed by atoms with Crippen LogP contribution in [0.5, 0.6) is 0 Å². The largest absolute Gasteiger partial charge is 0.416 e. The smallest absolute Gasteiger partial charge is 0.395 e. The lowest BCUT2D eigenvalue weighted by Crippen LogP contribution is -2.39. The second kappa shape index (κ2) is 11.0. The maximum atomic E-state index is 13.8. The van der Waals surface area contributed by atoms with Crippen LogP contribution in [0, 0.1) is 11.3 Å². The van der Waals surface area contributed by atoms with Gasteiger partial charge in [-0.1, -0.05) is 18.2 Å². The van der Waals surface area contributed by atoms with E-state index in [1.54, 1.807) is 19.2 Å². The zero-order valence-corrected chi connectivity index (χ0v) is 18.3. The molecular weight excluding hydrogens is 417 g/mol. The van der Waals surface area contributed by atoms with E-state index in [-0.39, 0.29) is 40.7 Å². The maximum Gasteiger partial charge on any atom is 0.416 e. The van der Waals surface area contributed by atoms with Crippen LogP contribution in [-0.4, -0.2) is 42.6 Å². The average Bonchev–Trinajstić information content (AvgIpc) is 2.77. The molecule has 1 aromatic carbocycles. The first-order chi connectivity index (χ1) is 15.2. The molecule has 1 unspecified atom stereocenters. The van der Waals surface area contributed by atoms with Gasteiger partial charge in [-0.25, -0.2) is 4.98 Å². The van der Waals surface area contributed by atoms with Crippen molar-refractivity contribution >= 4 is 11.4 Å². The number of benzene rings is 1. The van der Waals surface area contributed by atoms with Crippen molar-refractivity contribution in [3.63, 3.8) is 0 Å². The molecule has 172 valence electrons. The van der Waals surface area contributed by atoms with Crippen LogP contribution in [-0.2, 0) is 12.6 Å². The number of nitrogens with one attached hydrogen (secondary N) is 1. The molecule has 0 saturated heterocycles. The van der Waals surface area contributed by atoms with Gasteiger partial charge in [-0.2, -0.15) is 18.4 Å². The molecule has 5 N–H and O–H groups in total. The molecule has 2 aromatic rings. The highest BCUT2D eigenvalue weighted by Crippen LogP contribution is 2.36. The van der Waals surface area contributed by atoms with Crippen molar-refractivity contribution in [2.24, 2.45) is 5.73 Å². The Hall–Kier alpha value is -3.09. The van der Waals surface area contributed by atoms with Crippen molar-refractivity contribution in [3.8, 4) is 17.3 Å². The molecule has 1 heterocycles. The molecule has 0 fully saturated rings. The molecule has 9 heteroatoms. The summed E-state index contributed by atoms with van der Waals surface area (Å²) in [4.78, 5) is 6.23. The third-order valence-electron chi connectivity index (χ3n) is 5.36. The van der Waals surface area contributed by atoms with Gasteiger partial charge >= 0.3 is 6.18 Å². The molecule has 0 bridgehead atoms. The maximum absolute atomic E-state index is 13.8. The fourth-order valence-corrected chi connectivity index (χ4v) is 3.49. The minimum atomic E-state index is -4.52. The lowest BCUT2D eigenvalue weighted by molar-refractivity contribution is -0.138. The number of aromatic nitrogens is 1. The van der Waals surface area contributed by atoms with Crippen LogP contribution in [0.3, 0.4) is 0 Å². The van der Waals surface area contributed by atoms with E-state index in [0.717, 1.165) is 6.07 Å². The summed E-state index contributed by atoms with van der Waals surface area (Å²) in [7, 11) is 1.61. The van der Waals surface area contributed by atoms with Crippen molar-refractivity contribution in [1.29, 1.82) is 5.26 Å². The molecule has 1 aromatic heterocycles. The Morgan fingerprint density at radius 3 is 2.62 bits per heavy atom. The number of aryl methyl sites for hydroxylation is 1. The van der Waals surface area contributed by atoms with Gasteiger partial charge in [0.15, 0.2) is 5.69 Å². The van der Waals surface area contributed by atoms with E-state index in [4.69, 9.17) is 11.5 Å². The Kier molecular flexibility index (Phi) is 8.63. The zero-order chi connectivity index (χ0) is 23.9. The quantitative estimate of drug-likeness (QED) is 0.476. The number of nitriles is 1. The van der Waals surface area contributed by atoms with E-state index >= 15 is 0 Å². The van der Waals surface area contributed by atoms with Crippen LogP contribution in [0.1, 0.15) is 30.2 Å². The highest BCUT2D eigenvalue weighted by Gasteiger charge is 2.33. The highest BCUT2D eigenvalue weighted by atomic mass is 19.4. The van der Waals surface area contributed by atoms with Crippen molar-refractivity contribution in [1.82, 2.24) is 9.88 Å². The Morgan fingerprint density at radius 2 is 2.06 bits per heavy atom. The topological polar surface area (TPSA) is 104 Å². The van der Waals surface area contributed by atoms with E-state index < -0.39 is 11.7 Å². The summed E-state index contributed by atoms with van der Waals surface area (Å²) in [5, 5.41) is 12.1. The average molecular weight is 447 g/mol. The van der Waals surface area contributed by atoms with Gasteiger partial charge in [0, 0.05) is 31.7 Å². The number of hydrogen-bond donors (Lipinski definition) is 3. The summed E-state index contributed by atoms with van der Waals surface area (Å²) in [6.45, 7) is 7.41. The Morgan fingerprint density at radius 1 is 1.34 bits per heavy atom. The first-order valence-electron chi connectivity index (χ1n) is 10.3. The number of pyridine rings is 1. The minimum absolute atomic E-state index is 0.0409. The van der Waals surface area contributed by atoms with Crippen molar-refractivity contribution in [2.75, 3.05) is 37.7 Å². The number of hydrogen-bond acceptors (Lipinski definition) is 6. The number of halogens is 3. The van der Waals surface area contributed by atoms with Gasteiger partial charge in [0.05, 0.1) is 22.6 Å². The molecule has 32 heavy (non-hydrogen) atoms. The van der Waals surface area contributed by atoms with E-state index in [9.17, 15) is 18.4 Å². The molecule has 1 atom stereocenters. The predicted octanol–water partition coefficient (Wildman–Crippen LogP) is 4.03. The Labute approximate surface area is 186 Å². The number of rotatable bonds is 10. The highest BCUT2D eigenvalue weighted by molar-refractivity contribution is 5.77. The SMILES string of the molecule is C=CCN(CCCc1ccc(-c2cc(NC)c(N)c(C#N)n2)cc1C(F)(F)F)C(C)CN. The Bertz CT molecular complexity index is 981. The van der Waals surface area contributed by atoms with Gasteiger partial charge in [-0.05, 0) is 44.0 Å². The van der Waals surface area contributed by atoms with Gasteiger partial charge in [-0.15, -0.1) is 6.58 Å². The van der Waals surface area contributed by atoms with Gasteiger partial charge in [0.1, 0.15) is 6.07 Å². The predicted molar refractivity (Wildman–Crippen MR) is 122 cm³/mol. The van der Waals surface area contributed by atoms with Crippen molar-refractivity contribution in [3.05, 3.63) is 53.7 Å². The lowest BCUT2D eigenvalue weighted by atomic mass is 9.97. The second-order valence-electron chi connectivity index (χ2n) is 7.52. The fraction of sp³-hybridized carbons (Fsp3) is 0.391. The molecule has 0 radical (unpaired) electrons. The molecule has 0 saturated carbocycles. The van der Waals surface area contributed by atoms with Crippen LogP contribution in [0.2, 0.25) is 0 Å². The molecule has 6 nitrogen and oxygen atoms in total. The van der Waals surface area contributed by atoms with Gasteiger partial charge in [-0.3, -0.25) is 4.90 Å². The van der Waals surface area contributed by atoms with Crippen molar-refractivity contribution < 1.29 is 13.2 Å². The second-order valence-corrected chi connectivity index (χ2v) is 7.52. The van der Waals surface area contributed by atoms with Crippen molar-refractivity contribution in [2.45, 2.75) is 32.0 Å². The number of nitrogen functional groups attached to an aromatic ring is 1. The Balaban J connectivity index is 2.35. The molecule has 2 rings (SSSR count). The third-order valence-corrected chi connectivity index (χ3v) is 5.36. The van der Waals surface area contributed by atoms with E-state index in [1.807, 2.05) is 13.0 Å². The van der Waals surface area contributed by atoms with E-state index in [0.29, 0.717) is 31.7 Å². The monoisotopic (exact) mass is 446 g/mol. The van der Waals surface area contributed by atoms with Gasteiger partial charge in [0.2, 0.25) is 0 Å². The summed E-state index contributed by atoms with van der Waals surface area (Å²) in [5.74, 6) is 0. The molecule has 0 aliphatic rings. The zero-order valence-electron chi connectivity index (χ0n) is 18.3. The first kappa shape index (κ1) is 25.2. The third kappa shape index (κ3) is 5.99. The van der Waals surface area contributed by atoms with Crippen LogP contribution < -0.4 is 16.8 Å².